The predicted octanol–water partition coefficient (Wildman–Crippen LogP) is 2.24. The summed E-state index contributed by atoms with van der Waals surface area (Å²) in [5.74, 6) is 1.48. The van der Waals surface area contributed by atoms with Crippen molar-refractivity contribution in [3.05, 3.63) is 23.8 Å². The number of hydrogen-bond acceptors (Lipinski definition) is 4. The van der Waals surface area contributed by atoms with Gasteiger partial charge in [0.05, 0.1) is 20.6 Å². The van der Waals surface area contributed by atoms with E-state index in [1.165, 1.54) is 32.4 Å². The van der Waals surface area contributed by atoms with E-state index < -0.39 is 0 Å². The highest BCUT2D eigenvalue weighted by molar-refractivity contribution is 5.79. The number of carbonyl (C=O) groups excluding carboxylic acids is 1. The molecule has 0 unspecified atom stereocenters. The van der Waals surface area contributed by atoms with E-state index in [0.717, 1.165) is 30.8 Å². The molecule has 23 heavy (non-hydrogen) atoms. The van der Waals surface area contributed by atoms with Gasteiger partial charge in [0, 0.05) is 12.1 Å². The largest absolute Gasteiger partial charge is 0.497 e. The zero-order chi connectivity index (χ0) is 16.5. The second-order valence-electron chi connectivity index (χ2n) is 5.96. The highest BCUT2D eigenvalue weighted by Gasteiger charge is 2.11. The summed E-state index contributed by atoms with van der Waals surface area (Å²) in [5, 5.41) is 3.00. The van der Waals surface area contributed by atoms with Gasteiger partial charge in [-0.15, -0.1) is 0 Å². The molecule has 1 saturated heterocycles. The molecule has 0 atom stereocenters. The number of methoxy groups -OCH3 is 2. The summed E-state index contributed by atoms with van der Waals surface area (Å²) in [6.45, 7) is 4.20. The Morgan fingerprint density at radius 2 is 1.96 bits per heavy atom. The van der Waals surface area contributed by atoms with Crippen molar-refractivity contribution in [2.24, 2.45) is 0 Å². The number of nitrogens with one attached hydrogen (secondary N) is 1. The van der Waals surface area contributed by atoms with Gasteiger partial charge in [0.1, 0.15) is 11.5 Å². The third-order valence-electron chi connectivity index (χ3n) is 4.26. The molecule has 0 aliphatic carbocycles. The van der Waals surface area contributed by atoms with Gasteiger partial charge < -0.3 is 19.7 Å². The molecular formula is C18H28N2O3. The minimum atomic E-state index is 0.0233. The number of carbonyl (C=O) groups is 1. The van der Waals surface area contributed by atoms with Crippen LogP contribution in [-0.4, -0.2) is 51.2 Å². The van der Waals surface area contributed by atoms with E-state index in [4.69, 9.17) is 9.47 Å². The Kier molecular flexibility index (Phi) is 7.20. The molecule has 0 aromatic heterocycles. The van der Waals surface area contributed by atoms with Crippen LogP contribution in [0, 0.1) is 0 Å². The number of benzene rings is 1. The third kappa shape index (κ3) is 5.75. The highest BCUT2D eigenvalue weighted by atomic mass is 16.5. The fourth-order valence-corrected chi connectivity index (χ4v) is 2.97. The van der Waals surface area contributed by atoms with Gasteiger partial charge in [0.15, 0.2) is 0 Å². The first-order valence-electron chi connectivity index (χ1n) is 8.43. The Balaban J connectivity index is 1.73. The molecule has 1 aromatic rings. The average molecular weight is 320 g/mol. The van der Waals surface area contributed by atoms with Crippen LogP contribution in [0.5, 0.6) is 11.5 Å². The zero-order valence-corrected chi connectivity index (χ0v) is 14.3. The number of piperidine rings is 1. The summed E-state index contributed by atoms with van der Waals surface area (Å²) in [6, 6.07) is 5.52. The van der Waals surface area contributed by atoms with E-state index >= 15 is 0 Å². The minimum Gasteiger partial charge on any atom is -0.497 e. The lowest BCUT2D eigenvalue weighted by Crippen LogP contribution is -2.33. The van der Waals surface area contributed by atoms with Crippen LogP contribution in [0.4, 0.5) is 0 Å². The molecule has 1 amide bonds. The maximum absolute atomic E-state index is 12.1. The van der Waals surface area contributed by atoms with Crippen molar-refractivity contribution < 1.29 is 14.3 Å². The van der Waals surface area contributed by atoms with Gasteiger partial charge in [-0.05, 0) is 57.1 Å². The van der Waals surface area contributed by atoms with Crippen molar-refractivity contribution in [1.82, 2.24) is 10.2 Å². The topological polar surface area (TPSA) is 50.8 Å². The molecule has 5 nitrogen and oxygen atoms in total. The molecule has 1 N–H and O–H groups in total. The minimum absolute atomic E-state index is 0.0233. The van der Waals surface area contributed by atoms with Crippen molar-refractivity contribution in [2.45, 2.75) is 32.1 Å². The van der Waals surface area contributed by atoms with Crippen molar-refractivity contribution in [2.75, 3.05) is 40.4 Å². The number of amides is 1. The number of ether oxygens (including phenoxy) is 2. The van der Waals surface area contributed by atoms with E-state index in [1.807, 2.05) is 18.2 Å². The van der Waals surface area contributed by atoms with Crippen LogP contribution in [0.25, 0.3) is 0 Å². The molecule has 1 heterocycles. The Labute approximate surface area is 139 Å². The van der Waals surface area contributed by atoms with Crippen LogP contribution in [-0.2, 0) is 11.2 Å². The summed E-state index contributed by atoms with van der Waals surface area (Å²) < 4.78 is 10.5. The Morgan fingerprint density at radius 3 is 2.65 bits per heavy atom. The molecule has 0 bridgehead atoms. The standard InChI is InChI=1S/C18H28N2O3/c1-22-16-7-8-17(23-2)15(13-16)14-18(21)19-9-6-12-20-10-4-3-5-11-20/h7-8,13H,3-6,9-12,14H2,1-2H3,(H,19,21). The summed E-state index contributed by atoms with van der Waals surface area (Å²) in [7, 11) is 3.23. The summed E-state index contributed by atoms with van der Waals surface area (Å²) in [6.07, 6.45) is 5.28. The fourth-order valence-electron chi connectivity index (χ4n) is 2.97. The third-order valence-corrected chi connectivity index (χ3v) is 4.26. The fraction of sp³-hybridized carbons (Fsp3) is 0.611. The van der Waals surface area contributed by atoms with E-state index in [2.05, 4.69) is 10.2 Å². The van der Waals surface area contributed by atoms with Crippen molar-refractivity contribution in [1.29, 1.82) is 0 Å². The quantitative estimate of drug-likeness (QED) is 0.746. The molecule has 0 saturated carbocycles. The molecule has 1 aliphatic rings. The van der Waals surface area contributed by atoms with Crippen LogP contribution in [0.15, 0.2) is 18.2 Å². The number of rotatable bonds is 8. The Bertz CT molecular complexity index is 499. The molecular weight excluding hydrogens is 292 g/mol. The maximum Gasteiger partial charge on any atom is 0.224 e. The van der Waals surface area contributed by atoms with Crippen LogP contribution >= 0.6 is 0 Å². The van der Waals surface area contributed by atoms with Crippen molar-refractivity contribution >= 4 is 5.91 Å². The smallest absolute Gasteiger partial charge is 0.224 e. The van der Waals surface area contributed by atoms with Gasteiger partial charge in [-0.1, -0.05) is 6.42 Å². The monoisotopic (exact) mass is 320 g/mol. The SMILES string of the molecule is COc1ccc(OC)c(CC(=O)NCCCN2CCCCC2)c1. The lowest BCUT2D eigenvalue weighted by Gasteiger charge is -2.26. The van der Waals surface area contributed by atoms with E-state index in [-0.39, 0.29) is 5.91 Å². The first kappa shape index (κ1) is 17.6. The highest BCUT2D eigenvalue weighted by Crippen LogP contribution is 2.24. The summed E-state index contributed by atoms with van der Waals surface area (Å²) >= 11 is 0. The lowest BCUT2D eigenvalue weighted by molar-refractivity contribution is -0.120. The zero-order valence-electron chi connectivity index (χ0n) is 14.3. The van der Waals surface area contributed by atoms with Crippen molar-refractivity contribution in [3.8, 4) is 11.5 Å². The van der Waals surface area contributed by atoms with Gasteiger partial charge in [-0.3, -0.25) is 4.79 Å². The van der Waals surface area contributed by atoms with Crippen LogP contribution in [0.3, 0.4) is 0 Å². The molecule has 1 fully saturated rings. The first-order chi connectivity index (χ1) is 11.2. The predicted molar refractivity (Wildman–Crippen MR) is 91.2 cm³/mol. The Hall–Kier alpha value is -1.75. The van der Waals surface area contributed by atoms with Gasteiger partial charge in [-0.25, -0.2) is 0 Å². The molecule has 0 radical (unpaired) electrons. The maximum atomic E-state index is 12.1. The van der Waals surface area contributed by atoms with E-state index in [9.17, 15) is 4.79 Å². The van der Waals surface area contributed by atoms with Gasteiger partial charge in [0.2, 0.25) is 5.91 Å². The Morgan fingerprint density at radius 1 is 1.17 bits per heavy atom. The van der Waals surface area contributed by atoms with Gasteiger partial charge in [0.25, 0.3) is 0 Å². The second-order valence-corrected chi connectivity index (χ2v) is 5.96. The lowest BCUT2D eigenvalue weighted by atomic mass is 10.1. The van der Waals surface area contributed by atoms with Gasteiger partial charge >= 0.3 is 0 Å². The van der Waals surface area contributed by atoms with E-state index in [0.29, 0.717) is 12.2 Å². The molecule has 2 rings (SSSR count). The van der Waals surface area contributed by atoms with Gasteiger partial charge in [-0.2, -0.15) is 0 Å². The molecule has 5 heteroatoms. The van der Waals surface area contributed by atoms with Crippen LogP contribution < -0.4 is 14.8 Å². The molecule has 1 aromatic carbocycles. The van der Waals surface area contributed by atoms with E-state index in [1.54, 1.807) is 14.2 Å². The number of hydrogen-bond donors (Lipinski definition) is 1. The molecule has 128 valence electrons. The van der Waals surface area contributed by atoms with Crippen molar-refractivity contribution in [3.63, 3.8) is 0 Å². The normalized spacial score (nSPS) is 15.2. The van der Waals surface area contributed by atoms with Crippen LogP contribution in [0.1, 0.15) is 31.2 Å². The average Bonchev–Trinajstić information content (AvgIpc) is 2.59. The summed E-state index contributed by atoms with van der Waals surface area (Å²) in [5.41, 5.74) is 0.848. The molecule has 1 aliphatic heterocycles. The molecule has 0 spiro atoms. The number of nitrogens with zero attached hydrogens (tertiary/aromatic N) is 1. The second kappa shape index (κ2) is 9.40. The summed E-state index contributed by atoms with van der Waals surface area (Å²) in [4.78, 5) is 14.6. The van der Waals surface area contributed by atoms with Crippen LogP contribution in [0.2, 0.25) is 0 Å². The first-order valence-corrected chi connectivity index (χ1v) is 8.43. The number of likely N-dealkylation sites (tertiary alicyclic amines) is 1.